The Morgan fingerprint density at radius 1 is 1.11 bits per heavy atom. The molecule has 2 amide bonds. The number of carbonyl (C=O) groups excluding carboxylic acids is 2. The first-order chi connectivity index (χ1) is 13.6. The molecule has 7 heteroatoms. The Kier molecular flexibility index (Phi) is 6.29. The van der Waals surface area contributed by atoms with Crippen LogP contribution in [0.4, 0.5) is 5.69 Å². The number of likely N-dealkylation sites (N-methyl/N-ethyl adjacent to an activating group) is 1. The van der Waals surface area contributed by atoms with E-state index in [1.54, 1.807) is 37.4 Å². The van der Waals surface area contributed by atoms with Crippen LogP contribution in [0.3, 0.4) is 0 Å². The number of nitrogens with one attached hydrogen (secondary N) is 2. The van der Waals surface area contributed by atoms with Gasteiger partial charge in [0, 0.05) is 36.4 Å². The highest BCUT2D eigenvalue weighted by atomic mass is 16.5. The number of hydrogen-bond acceptors (Lipinski definition) is 5. The minimum absolute atomic E-state index is 0.0905. The maximum Gasteiger partial charge on any atom is 0.291 e. The van der Waals surface area contributed by atoms with Crippen LogP contribution < -0.4 is 15.4 Å². The SMILES string of the molecule is CCNC(=O)COc1cccc(NC(=O)c2oc3ccccc3c2COC)c1. The average molecular weight is 382 g/mol. The fourth-order valence-electron chi connectivity index (χ4n) is 2.82. The molecule has 1 heterocycles. The lowest BCUT2D eigenvalue weighted by atomic mass is 10.1. The molecule has 0 aliphatic rings. The van der Waals surface area contributed by atoms with Gasteiger partial charge in [-0.15, -0.1) is 0 Å². The van der Waals surface area contributed by atoms with E-state index in [0.29, 0.717) is 29.1 Å². The summed E-state index contributed by atoms with van der Waals surface area (Å²) in [4.78, 5) is 24.3. The van der Waals surface area contributed by atoms with E-state index in [-0.39, 0.29) is 30.8 Å². The third-order valence-corrected chi connectivity index (χ3v) is 4.03. The molecule has 3 rings (SSSR count). The number of amides is 2. The summed E-state index contributed by atoms with van der Waals surface area (Å²) in [6, 6.07) is 14.3. The predicted molar refractivity (Wildman–Crippen MR) is 106 cm³/mol. The molecule has 0 aliphatic carbocycles. The molecular formula is C21H22N2O5. The quantitative estimate of drug-likeness (QED) is 0.624. The number of methoxy groups -OCH3 is 1. The van der Waals surface area contributed by atoms with Gasteiger partial charge in [0.25, 0.3) is 11.8 Å². The van der Waals surface area contributed by atoms with Gasteiger partial charge in [-0.3, -0.25) is 9.59 Å². The van der Waals surface area contributed by atoms with Gasteiger partial charge in [0.2, 0.25) is 0 Å². The van der Waals surface area contributed by atoms with Gasteiger partial charge in [0.05, 0.1) is 6.61 Å². The molecule has 0 fully saturated rings. The van der Waals surface area contributed by atoms with Crippen molar-refractivity contribution >= 4 is 28.5 Å². The molecule has 2 aromatic carbocycles. The van der Waals surface area contributed by atoms with Gasteiger partial charge < -0.3 is 24.5 Å². The molecule has 0 aliphatic heterocycles. The van der Waals surface area contributed by atoms with E-state index in [0.717, 1.165) is 5.39 Å². The predicted octanol–water partition coefficient (Wildman–Crippen LogP) is 3.35. The van der Waals surface area contributed by atoms with Crippen LogP contribution in [-0.2, 0) is 16.1 Å². The van der Waals surface area contributed by atoms with Crippen LogP contribution in [-0.4, -0.2) is 32.1 Å². The van der Waals surface area contributed by atoms with Crippen molar-refractivity contribution in [1.29, 1.82) is 0 Å². The second kappa shape index (κ2) is 9.05. The zero-order valence-electron chi connectivity index (χ0n) is 15.8. The van der Waals surface area contributed by atoms with Crippen LogP contribution in [0.15, 0.2) is 52.9 Å². The zero-order valence-corrected chi connectivity index (χ0v) is 15.8. The molecule has 0 spiro atoms. The molecule has 0 unspecified atom stereocenters. The Morgan fingerprint density at radius 2 is 1.93 bits per heavy atom. The molecule has 0 atom stereocenters. The monoisotopic (exact) mass is 382 g/mol. The minimum Gasteiger partial charge on any atom is -0.484 e. The van der Waals surface area contributed by atoms with Crippen molar-refractivity contribution in [1.82, 2.24) is 5.32 Å². The number of hydrogen-bond donors (Lipinski definition) is 2. The van der Waals surface area contributed by atoms with E-state index in [1.165, 1.54) is 0 Å². The van der Waals surface area contributed by atoms with Crippen LogP contribution in [0.1, 0.15) is 23.0 Å². The zero-order chi connectivity index (χ0) is 19.9. The third kappa shape index (κ3) is 4.50. The number of ether oxygens (including phenoxy) is 2. The number of fused-ring (bicyclic) bond motifs is 1. The number of rotatable bonds is 8. The molecule has 146 valence electrons. The Bertz CT molecular complexity index is 980. The normalized spacial score (nSPS) is 10.6. The van der Waals surface area contributed by atoms with Crippen molar-refractivity contribution in [3.05, 3.63) is 59.9 Å². The van der Waals surface area contributed by atoms with Gasteiger partial charge in [-0.1, -0.05) is 24.3 Å². The smallest absolute Gasteiger partial charge is 0.291 e. The van der Waals surface area contributed by atoms with Crippen molar-refractivity contribution in [3.63, 3.8) is 0 Å². The van der Waals surface area contributed by atoms with Gasteiger partial charge in [-0.2, -0.15) is 0 Å². The molecule has 0 radical (unpaired) electrons. The largest absolute Gasteiger partial charge is 0.484 e. The van der Waals surface area contributed by atoms with Crippen molar-refractivity contribution in [2.45, 2.75) is 13.5 Å². The fourth-order valence-corrected chi connectivity index (χ4v) is 2.82. The summed E-state index contributed by atoms with van der Waals surface area (Å²) in [5, 5.41) is 6.30. The van der Waals surface area contributed by atoms with Crippen LogP contribution in [0.25, 0.3) is 11.0 Å². The minimum atomic E-state index is -0.385. The van der Waals surface area contributed by atoms with Crippen molar-refractivity contribution < 1.29 is 23.5 Å². The third-order valence-electron chi connectivity index (χ3n) is 4.03. The van der Waals surface area contributed by atoms with E-state index in [2.05, 4.69) is 10.6 Å². The Labute approximate surface area is 162 Å². The van der Waals surface area contributed by atoms with Crippen LogP contribution >= 0.6 is 0 Å². The summed E-state index contributed by atoms with van der Waals surface area (Å²) in [6.45, 7) is 2.55. The van der Waals surface area contributed by atoms with E-state index in [9.17, 15) is 9.59 Å². The molecule has 7 nitrogen and oxygen atoms in total. The fraction of sp³-hybridized carbons (Fsp3) is 0.238. The number of furan rings is 1. The second-order valence-corrected chi connectivity index (χ2v) is 6.06. The summed E-state index contributed by atoms with van der Waals surface area (Å²) in [5.74, 6) is 0.0926. The molecule has 0 saturated heterocycles. The van der Waals surface area contributed by atoms with Gasteiger partial charge in [-0.25, -0.2) is 0 Å². The maximum absolute atomic E-state index is 12.8. The van der Waals surface area contributed by atoms with Crippen molar-refractivity contribution in [2.24, 2.45) is 0 Å². The second-order valence-electron chi connectivity index (χ2n) is 6.06. The van der Waals surface area contributed by atoms with E-state index in [4.69, 9.17) is 13.9 Å². The van der Waals surface area contributed by atoms with Crippen molar-refractivity contribution in [2.75, 3.05) is 25.6 Å². The highest BCUT2D eigenvalue weighted by molar-refractivity contribution is 6.06. The molecule has 0 bridgehead atoms. The number of benzene rings is 2. The Morgan fingerprint density at radius 3 is 2.71 bits per heavy atom. The number of para-hydroxylation sites is 1. The lowest BCUT2D eigenvalue weighted by Gasteiger charge is -2.09. The molecule has 3 aromatic rings. The highest BCUT2D eigenvalue weighted by Gasteiger charge is 2.20. The first kappa shape index (κ1) is 19.4. The van der Waals surface area contributed by atoms with Gasteiger partial charge in [-0.05, 0) is 25.1 Å². The Hall–Kier alpha value is -3.32. The molecule has 1 aromatic heterocycles. The van der Waals surface area contributed by atoms with Crippen LogP contribution in [0.5, 0.6) is 5.75 Å². The number of carbonyl (C=O) groups is 2. The molecule has 2 N–H and O–H groups in total. The van der Waals surface area contributed by atoms with Crippen LogP contribution in [0, 0.1) is 0 Å². The lowest BCUT2D eigenvalue weighted by Crippen LogP contribution is -2.28. The summed E-state index contributed by atoms with van der Waals surface area (Å²) in [6.07, 6.45) is 0. The average Bonchev–Trinajstić information content (AvgIpc) is 3.06. The standard InChI is InChI=1S/C21H22N2O5/c1-3-22-19(24)13-27-15-8-6-7-14(11-15)23-21(25)20-17(12-26-2)16-9-4-5-10-18(16)28-20/h4-11H,3,12-13H2,1-2H3,(H,22,24)(H,23,25). The van der Waals surface area contributed by atoms with Gasteiger partial charge in [0.15, 0.2) is 12.4 Å². The van der Waals surface area contributed by atoms with Crippen molar-refractivity contribution in [3.8, 4) is 5.75 Å². The summed E-state index contributed by atoms with van der Waals surface area (Å²) in [7, 11) is 1.57. The summed E-state index contributed by atoms with van der Waals surface area (Å²) in [5.41, 5.74) is 1.85. The first-order valence-corrected chi connectivity index (χ1v) is 8.92. The van der Waals surface area contributed by atoms with Crippen LogP contribution in [0.2, 0.25) is 0 Å². The molecule has 0 saturated carbocycles. The highest BCUT2D eigenvalue weighted by Crippen LogP contribution is 2.27. The molecule has 28 heavy (non-hydrogen) atoms. The lowest BCUT2D eigenvalue weighted by molar-refractivity contribution is -0.122. The number of anilines is 1. The van der Waals surface area contributed by atoms with E-state index < -0.39 is 0 Å². The van der Waals surface area contributed by atoms with E-state index >= 15 is 0 Å². The first-order valence-electron chi connectivity index (χ1n) is 8.92. The van der Waals surface area contributed by atoms with Gasteiger partial charge in [0.1, 0.15) is 11.3 Å². The molecular weight excluding hydrogens is 360 g/mol. The topological polar surface area (TPSA) is 89.8 Å². The Balaban J connectivity index is 1.76. The maximum atomic E-state index is 12.8. The van der Waals surface area contributed by atoms with E-state index in [1.807, 2.05) is 25.1 Å². The van der Waals surface area contributed by atoms with Gasteiger partial charge >= 0.3 is 0 Å². The summed E-state index contributed by atoms with van der Waals surface area (Å²) < 4.78 is 16.4. The summed E-state index contributed by atoms with van der Waals surface area (Å²) >= 11 is 0.